The van der Waals surface area contributed by atoms with Gasteiger partial charge in [0.15, 0.2) is 0 Å². The van der Waals surface area contributed by atoms with Crippen LogP contribution in [0, 0.1) is 11.3 Å². The monoisotopic (exact) mass is 410 g/mol. The van der Waals surface area contributed by atoms with Crippen LogP contribution in [0.5, 0.6) is 0 Å². The van der Waals surface area contributed by atoms with Gasteiger partial charge in [-0.15, -0.1) is 0 Å². The van der Waals surface area contributed by atoms with E-state index < -0.39 is 0 Å². The number of rotatable bonds is 2. The van der Waals surface area contributed by atoms with Crippen LogP contribution in [-0.2, 0) is 17.6 Å². The first-order valence-electron chi connectivity index (χ1n) is 10.8. The summed E-state index contributed by atoms with van der Waals surface area (Å²) in [5, 5.41) is 0.809. The van der Waals surface area contributed by atoms with Crippen molar-refractivity contribution in [2.24, 2.45) is 11.3 Å². The Bertz CT molecular complexity index is 894. The normalized spacial score (nSPS) is 20.0. The molecule has 4 rings (SSSR count). The fraction of sp³-hybridized carbons (Fsp3) is 0.520. The molecule has 154 valence electrons. The lowest BCUT2D eigenvalue weighted by Gasteiger charge is -2.37. The van der Waals surface area contributed by atoms with Gasteiger partial charge in [-0.3, -0.25) is 9.78 Å². The van der Waals surface area contributed by atoms with Crippen molar-refractivity contribution in [2.75, 3.05) is 13.1 Å². The van der Waals surface area contributed by atoms with Gasteiger partial charge in [0.1, 0.15) is 0 Å². The van der Waals surface area contributed by atoms with E-state index in [-0.39, 0.29) is 5.41 Å². The summed E-state index contributed by atoms with van der Waals surface area (Å²) in [7, 11) is 0. The first kappa shape index (κ1) is 20.4. The highest BCUT2D eigenvalue weighted by Crippen LogP contribution is 2.42. The first-order chi connectivity index (χ1) is 13.8. The molecule has 0 N–H and O–H groups in total. The minimum atomic E-state index is 0.0380. The van der Waals surface area contributed by atoms with Crippen molar-refractivity contribution in [2.45, 2.75) is 58.8 Å². The maximum Gasteiger partial charge on any atom is 0.223 e. The molecule has 1 aromatic heterocycles. The molecule has 1 aliphatic carbocycles. The zero-order valence-electron chi connectivity index (χ0n) is 17.7. The van der Waals surface area contributed by atoms with E-state index in [1.165, 1.54) is 22.4 Å². The molecule has 3 nitrogen and oxygen atoms in total. The summed E-state index contributed by atoms with van der Waals surface area (Å²) in [6, 6.07) is 10.6. The predicted molar refractivity (Wildman–Crippen MR) is 118 cm³/mol. The number of pyridine rings is 1. The van der Waals surface area contributed by atoms with Crippen LogP contribution >= 0.6 is 11.6 Å². The average Bonchev–Trinajstić information content (AvgIpc) is 2.83. The molecule has 2 heterocycles. The van der Waals surface area contributed by atoms with Crippen molar-refractivity contribution < 1.29 is 4.79 Å². The minimum Gasteiger partial charge on any atom is -0.343 e. The number of nitrogens with zero attached hydrogens (tertiary/aromatic N) is 2. The van der Waals surface area contributed by atoms with Gasteiger partial charge in [0, 0.05) is 36.6 Å². The number of carbonyl (C=O) groups excluding carboxylic acids is 1. The summed E-state index contributed by atoms with van der Waals surface area (Å²) < 4.78 is 0. The van der Waals surface area contributed by atoms with Crippen LogP contribution in [0.1, 0.15) is 68.3 Å². The molecule has 1 aliphatic heterocycles. The van der Waals surface area contributed by atoms with E-state index in [1.807, 2.05) is 18.3 Å². The third-order valence-electron chi connectivity index (χ3n) is 6.37. The number of fused-ring (bicyclic) bond motifs is 2. The molecular formula is C25H31ClN2O. The maximum absolute atomic E-state index is 12.7. The molecule has 0 spiro atoms. The molecule has 4 heteroatoms. The summed E-state index contributed by atoms with van der Waals surface area (Å²) in [4.78, 5) is 19.6. The molecule has 2 aliphatic rings. The van der Waals surface area contributed by atoms with Crippen molar-refractivity contribution >= 4 is 17.5 Å². The Balaban J connectivity index is 1.60. The highest BCUT2D eigenvalue weighted by Gasteiger charge is 2.35. The topological polar surface area (TPSA) is 33.2 Å². The Kier molecular flexibility index (Phi) is 5.70. The number of aryl methyl sites for hydroxylation is 2. The minimum absolute atomic E-state index is 0.0380. The van der Waals surface area contributed by atoms with Crippen LogP contribution in [0.25, 0.3) is 0 Å². The number of hydrogen-bond donors (Lipinski definition) is 0. The fourth-order valence-electron chi connectivity index (χ4n) is 4.98. The first-order valence-corrected chi connectivity index (χ1v) is 11.2. The summed E-state index contributed by atoms with van der Waals surface area (Å²) >= 11 is 6.32. The molecule has 0 bridgehead atoms. The predicted octanol–water partition coefficient (Wildman–Crippen LogP) is 5.64. The molecule has 1 aromatic carbocycles. The Labute approximate surface area is 179 Å². The van der Waals surface area contributed by atoms with Crippen LogP contribution in [0.4, 0.5) is 0 Å². The number of halogens is 1. The second-order valence-electron chi connectivity index (χ2n) is 9.82. The molecule has 29 heavy (non-hydrogen) atoms. The molecule has 0 radical (unpaired) electrons. The van der Waals surface area contributed by atoms with Crippen molar-refractivity contribution in [3.63, 3.8) is 0 Å². The van der Waals surface area contributed by atoms with Gasteiger partial charge in [0.05, 0.1) is 5.69 Å². The van der Waals surface area contributed by atoms with Gasteiger partial charge >= 0.3 is 0 Å². The lowest BCUT2D eigenvalue weighted by molar-refractivity contribution is -0.134. The summed E-state index contributed by atoms with van der Waals surface area (Å²) in [6.45, 7) is 8.10. The zero-order valence-corrected chi connectivity index (χ0v) is 18.5. The Morgan fingerprint density at radius 1 is 1.14 bits per heavy atom. The van der Waals surface area contributed by atoms with Crippen molar-refractivity contribution in [3.8, 4) is 0 Å². The quantitative estimate of drug-likeness (QED) is 0.641. The van der Waals surface area contributed by atoms with Gasteiger partial charge in [0.2, 0.25) is 5.91 Å². The van der Waals surface area contributed by atoms with E-state index in [1.54, 1.807) is 0 Å². The highest BCUT2D eigenvalue weighted by molar-refractivity contribution is 6.30. The van der Waals surface area contributed by atoms with E-state index in [0.29, 0.717) is 24.2 Å². The van der Waals surface area contributed by atoms with Crippen molar-refractivity contribution in [1.29, 1.82) is 0 Å². The van der Waals surface area contributed by atoms with Gasteiger partial charge in [-0.25, -0.2) is 0 Å². The van der Waals surface area contributed by atoms with Crippen molar-refractivity contribution in [1.82, 2.24) is 9.88 Å². The number of benzene rings is 1. The number of aromatic nitrogens is 1. The number of amides is 1. The van der Waals surface area contributed by atoms with Crippen LogP contribution < -0.4 is 0 Å². The summed E-state index contributed by atoms with van der Waals surface area (Å²) in [5.41, 5.74) is 5.36. The Hall–Kier alpha value is -1.87. The lowest BCUT2D eigenvalue weighted by Crippen LogP contribution is -2.41. The molecule has 1 fully saturated rings. The lowest BCUT2D eigenvalue weighted by atomic mass is 9.76. The summed E-state index contributed by atoms with van der Waals surface area (Å²) in [5.74, 6) is 1.09. The van der Waals surface area contributed by atoms with Gasteiger partial charge in [-0.05, 0) is 71.9 Å². The molecule has 0 saturated carbocycles. The van der Waals surface area contributed by atoms with Crippen LogP contribution in [-0.4, -0.2) is 28.9 Å². The van der Waals surface area contributed by atoms with Gasteiger partial charge in [-0.1, -0.05) is 44.5 Å². The Morgan fingerprint density at radius 2 is 1.86 bits per heavy atom. The molecule has 1 saturated heterocycles. The Morgan fingerprint density at radius 3 is 2.59 bits per heavy atom. The number of carbonyl (C=O) groups is 1. The molecule has 1 atom stereocenters. The number of piperidine rings is 1. The molecule has 1 amide bonds. The van der Waals surface area contributed by atoms with E-state index in [9.17, 15) is 4.79 Å². The molecule has 2 aromatic rings. The highest BCUT2D eigenvalue weighted by atomic mass is 35.5. The second-order valence-corrected chi connectivity index (χ2v) is 10.3. The molecular weight excluding hydrogens is 380 g/mol. The zero-order chi connectivity index (χ0) is 20.6. The summed E-state index contributed by atoms with van der Waals surface area (Å²) in [6.07, 6.45) is 6.61. The maximum atomic E-state index is 12.7. The fourth-order valence-corrected chi connectivity index (χ4v) is 5.17. The van der Waals surface area contributed by atoms with Crippen molar-refractivity contribution in [3.05, 3.63) is 63.9 Å². The van der Waals surface area contributed by atoms with E-state index in [2.05, 4.69) is 43.9 Å². The van der Waals surface area contributed by atoms with Crippen LogP contribution in [0.2, 0.25) is 5.02 Å². The second kappa shape index (κ2) is 8.10. The number of hydrogen-bond acceptors (Lipinski definition) is 2. The van der Waals surface area contributed by atoms with Gasteiger partial charge < -0.3 is 4.90 Å². The number of likely N-dealkylation sites (tertiary alicyclic amines) is 1. The van der Waals surface area contributed by atoms with E-state index in [4.69, 9.17) is 16.6 Å². The van der Waals surface area contributed by atoms with Gasteiger partial charge in [-0.2, -0.15) is 0 Å². The van der Waals surface area contributed by atoms with E-state index >= 15 is 0 Å². The van der Waals surface area contributed by atoms with E-state index in [0.717, 1.165) is 43.8 Å². The van der Waals surface area contributed by atoms with Gasteiger partial charge in [0.25, 0.3) is 0 Å². The molecule has 1 unspecified atom stereocenters. The van der Waals surface area contributed by atoms with Crippen LogP contribution in [0.15, 0.2) is 36.5 Å². The SMILES string of the molecule is CC(C)(C)CC(=O)N1CCC(C2c3ccc(Cl)cc3CCc3cccnc32)CC1. The standard InChI is InChI=1S/C25H31ClN2O/c1-25(2,3)16-22(29)28-13-10-17(11-14-28)23-21-9-8-20(26)15-19(21)7-6-18-5-4-12-27-24(18)23/h4-5,8-9,12,15,17,23H,6-7,10-11,13-14,16H2,1-3H3. The smallest absolute Gasteiger partial charge is 0.223 e. The third kappa shape index (κ3) is 4.50. The van der Waals surface area contributed by atoms with Crippen LogP contribution in [0.3, 0.4) is 0 Å². The average molecular weight is 411 g/mol. The third-order valence-corrected chi connectivity index (χ3v) is 6.60. The largest absolute Gasteiger partial charge is 0.343 e.